The first kappa shape index (κ1) is 64.3. The number of carbonyl (C=O) groups excluding carboxylic acids is 7. The summed E-state index contributed by atoms with van der Waals surface area (Å²) in [5, 5.41) is 8.64. The third-order valence-corrected chi connectivity index (χ3v) is 14.1. The van der Waals surface area contributed by atoms with Crippen molar-refractivity contribution in [2.75, 3.05) is 41.2 Å². The number of ether oxygens (including phenoxy) is 9. The zero-order valence-corrected chi connectivity index (χ0v) is 45.7. The van der Waals surface area contributed by atoms with Gasteiger partial charge >= 0.3 is 41.8 Å². The fourth-order valence-corrected chi connectivity index (χ4v) is 9.97. The first-order chi connectivity index (χ1) is 34.7. The first-order valence-electron chi connectivity index (χ1n) is 25.4. The molecular weight excluding hydrogens is 955 g/mol. The molecule has 5 saturated heterocycles. The van der Waals surface area contributed by atoms with Crippen LogP contribution in [0.1, 0.15) is 126 Å². The summed E-state index contributed by atoms with van der Waals surface area (Å²) >= 11 is 0. The number of esters is 7. The fraction of sp³-hybridized carbons (Fsp3) is 0.649. The molecule has 0 aromatic rings. The standard InChI is InChI=1S/C16H22O5.C10H16O2.C8H11N.C8H10O3.3C5H8O2/c1-9(2)15(17)19-7-11-12(8-20-16(18)10(3)4)14-6-5-13(11)21-14;1-8(2)9(11)12-10(3)6-4-5-7-10;9-5-8-4-6-1-2-7(8)3-6;9-8-7-4(3-10-8)5-1-2-6(7)11-5;3*1-4(2)5(6)7-3/h11-14H,1,3,5-8H2,2,4H3;1,4-7H2,2-3H3;6-8H,1-4H2;4-7H,1-3H2;3*1H2,2-3H3. The van der Waals surface area contributed by atoms with Gasteiger partial charge in [0, 0.05) is 57.1 Å². The van der Waals surface area contributed by atoms with E-state index in [9.17, 15) is 33.6 Å². The molecule has 3 saturated carbocycles. The van der Waals surface area contributed by atoms with Crippen LogP contribution in [0.15, 0.2) is 72.9 Å². The van der Waals surface area contributed by atoms with Gasteiger partial charge in [0.15, 0.2) is 0 Å². The van der Waals surface area contributed by atoms with E-state index in [1.807, 2.05) is 6.92 Å². The van der Waals surface area contributed by atoms with Gasteiger partial charge in [-0.05, 0) is 131 Å². The van der Waals surface area contributed by atoms with Crippen molar-refractivity contribution in [2.24, 2.45) is 41.4 Å². The number of cyclic esters (lactones) is 1. The van der Waals surface area contributed by atoms with Gasteiger partial charge in [-0.1, -0.05) is 45.9 Å². The van der Waals surface area contributed by atoms with E-state index >= 15 is 0 Å². The maximum atomic E-state index is 11.5. The SMILES string of the molecule is C=C(C)C(=O)OC.C=C(C)C(=O)OC.C=C(C)C(=O)OC.C=C(C)C(=O)OC1(C)CCCC1.C=C(C)C(=O)OCC1C2CCC(O2)C1COC(=O)C(=C)C.N#CC1CC2CCC1C2.O=C1OCC2C3CCC(O3)C12. The Kier molecular flexibility index (Phi) is 27.0. The summed E-state index contributed by atoms with van der Waals surface area (Å²) in [5.41, 5.74) is 2.33. The normalized spacial score (nSPS) is 27.6. The highest BCUT2D eigenvalue weighted by Crippen LogP contribution is 2.48. The van der Waals surface area contributed by atoms with Crippen molar-refractivity contribution in [3.8, 4) is 6.07 Å². The topological polar surface area (TPSA) is 226 Å². The van der Waals surface area contributed by atoms with E-state index in [0.29, 0.717) is 58.0 Å². The Labute approximate surface area is 439 Å². The number of rotatable bonds is 11. The number of fused-ring (bicyclic) bond motifs is 9. The van der Waals surface area contributed by atoms with E-state index in [0.717, 1.165) is 50.4 Å². The smallest absolute Gasteiger partial charge is 0.333 e. The number of nitriles is 1. The maximum absolute atomic E-state index is 11.5. The van der Waals surface area contributed by atoms with Gasteiger partial charge in [-0.3, -0.25) is 4.79 Å². The van der Waals surface area contributed by atoms with Crippen molar-refractivity contribution in [3.05, 3.63) is 72.9 Å². The van der Waals surface area contributed by atoms with Crippen molar-refractivity contribution in [3.63, 3.8) is 0 Å². The summed E-state index contributed by atoms with van der Waals surface area (Å²) in [6, 6.07) is 2.40. The highest BCUT2D eigenvalue weighted by Gasteiger charge is 2.56. The molecule has 0 N–H and O–H groups in total. The molecule has 74 heavy (non-hydrogen) atoms. The number of hydrogen-bond acceptors (Lipinski definition) is 17. The molecule has 11 atom stereocenters. The van der Waals surface area contributed by atoms with Gasteiger partial charge in [-0.2, -0.15) is 5.26 Å². The first-order valence-corrected chi connectivity index (χ1v) is 25.4. The van der Waals surface area contributed by atoms with Crippen molar-refractivity contribution in [2.45, 2.75) is 156 Å². The van der Waals surface area contributed by atoms with Crippen LogP contribution in [0.5, 0.6) is 0 Å². The van der Waals surface area contributed by atoms with Gasteiger partial charge in [0.05, 0.1) is 77.6 Å². The second-order valence-electron chi connectivity index (χ2n) is 20.5. The lowest BCUT2D eigenvalue weighted by Gasteiger charge is -2.27. The minimum absolute atomic E-state index is 0.0257. The van der Waals surface area contributed by atoms with Crippen LogP contribution in [-0.2, 0) is 76.2 Å². The van der Waals surface area contributed by atoms with Gasteiger partial charge in [0.1, 0.15) is 5.60 Å². The predicted molar refractivity (Wildman–Crippen MR) is 275 cm³/mol. The quantitative estimate of drug-likeness (QED) is 0.107. The highest BCUT2D eigenvalue weighted by molar-refractivity contribution is 5.89. The van der Waals surface area contributed by atoms with Crippen LogP contribution < -0.4 is 0 Å². The third kappa shape index (κ3) is 20.1. The number of nitrogens with zero attached hydrogens (tertiary/aromatic N) is 1. The van der Waals surface area contributed by atoms with E-state index in [4.69, 9.17) is 33.7 Å². The summed E-state index contributed by atoms with van der Waals surface area (Å²) in [6.45, 7) is 33.6. The van der Waals surface area contributed by atoms with Gasteiger partial charge in [0.25, 0.3) is 0 Å². The molecule has 0 aromatic carbocycles. The fourth-order valence-electron chi connectivity index (χ4n) is 9.97. The van der Waals surface area contributed by atoms with Gasteiger partial charge in [-0.15, -0.1) is 0 Å². The molecule has 0 amide bonds. The molecule has 5 heterocycles. The zero-order chi connectivity index (χ0) is 56.0. The minimum atomic E-state index is -0.393. The molecule has 17 heteroatoms. The Morgan fingerprint density at radius 2 is 0.986 bits per heavy atom. The third-order valence-electron chi connectivity index (χ3n) is 14.1. The Morgan fingerprint density at radius 1 is 0.581 bits per heavy atom. The molecule has 17 nitrogen and oxygen atoms in total. The van der Waals surface area contributed by atoms with Crippen molar-refractivity contribution in [1.29, 1.82) is 5.26 Å². The van der Waals surface area contributed by atoms with Crippen molar-refractivity contribution in [1.82, 2.24) is 0 Å². The molecule has 6 bridgehead atoms. The van der Waals surface area contributed by atoms with Crippen LogP contribution >= 0.6 is 0 Å². The molecule has 8 fully saturated rings. The van der Waals surface area contributed by atoms with Crippen LogP contribution in [0.4, 0.5) is 0 Å². The molecule has 11 unspecified atom stereocenters. The second kappa shape index (κ2) is 31.1. The Bertz CT molecular complexity index is 2010. The molecule has 3 aliphatic carbocycles. The van der Waals surface area contributed by atoms with E-state index in [1.54, 1.807) is 41.5 Å². The van der Waals surface area contributed by atoms with Crippen molar-refractivity contribution < 1.29 is 76.2 Å². The summed E-state index contributed by atoms with van der Waals surface area (Å²) in [5.74, 6) is 0.681. The molecule has 0 radical (unpaired) electrons. The predicted octanol–water partition coefficient (Wildman–Crippen LogP) is 8.95. The Balaban J connectivity index is 0.000000309. The average Bonchev–Trinajstić information content (AvgIpc) is 4.25. The summed E-state index contributed by atoms with van der Waals surface area (Å²) in [4.78, 5) is 75.9. The molecule has 8 aliphatic rings. The highest BCUT2D eigenvalue weighted by atomic mass is 16.6. The van der Waals surface area contributed by atoms with E-state index < -0.39 is 11.9 Å². The van der Waals surface area contributed by atoms with Gasteiger partial charge in [-0.25, -0.2) is 28.8 Å². The summed E-state index contributed by atoms with van der Waals surface area (Å²) in [7, 11) is 3.99. The van der Waals surface area contributed by atoms with Gasteiger partial charge in [0.2, 0.25) is 0 Å². The Hall–Kier alpha value is -5.86. The molecular formula is C57H83NO16. The van der Waals surface area contributed by atoms with Crippen molar-refractivity contribution >= 4 is 41.8 Å². The summed E-state index contributed by atoms with van der Waals surface area (Å²) < 4.78 is 45.1. The molecule has 0 aromatic heterocycles. The van der Waals surface area contributed by atoms with Crippen LogP contribution in [0.2, 0.25) is 0 Å². The second-order valence-corrected chi connectivity index (χ2v) is 20.5. The average molecular weight is 1040 g/mol. The van der Waals surface area contributed by atoms with E-state index in [1.165, 1.54) is 59.9 Å². The number of methoxy groups -OCH3 is 3. The molecule has 8 rings (SSSR count). The zero-order valence-electron chi connectivity index (χ0n) is 45.7. The lowest BCUT2D eigenvalue weighted by Crippen LogP contribution is -2.35. The van der Waals surface area contributed by atoms with Crippen LogP contribution in [0, 0.1) is 52.8 Å². The largest absolute Gasteiger partial charge is 0.466 e. The Morgan fingerprint density at radius 3 is 1.31 bits per heavy atom. The van der Waals surface area contributed by atoms with Crippen LogP contribution in [-0.4, -0.2) is 113 Å². The van der Waals surface area contributed by atoms with E-state index in [-0.39, 0.29) is 84.7 Å². The minimum Gasteiger partial charge on any atom is -0.466 e. The number of carbonyl (C=O) groups is 7. The maximum Gasteiger partial charge on any atom is 0.333 e. The molecule has 412 valence electrons. The summed E-state index contributed by atoms with van der Waals surface area (Å²) in [6.07, 6.45) is 14.4. The monoisotopic (exact) mass is 1040 g/mol. The lowest BCUT2D eigenvalue weighted by atomic mass is 9.80. The molecule has 0 spiro atoms. The van der Waals surface area contributed by atoms with Crippen LogP contribution in [0.3, 0.4) is 0 Å². The van der Waals surface area contributed by atoms with E-state index in [2.05, 4.69) is 59.8 Å². The van der Waals surface area contributed by atoms with Gasteiger partial charge < -0.3 is 42.6 Å². The lowest BCUT2D eigenvalue weighted by molar-refractivity contribution is -0.152. The van der Waals surface area contributed by atoms with Crippen LogP contribution in [0.25, 0.3) is 0 Å². The number of hydrogen-bond donors (Lipinski definition) is 0. The molecule has 5 aliphatic heterocycles.